The Balaban J connectivity index is 2.29. The SMILES string of the molecule is COc1ccc(C2CC(C(=O)O)CN2)c(O)c1OC. The van der Waals surface area contributed by atoms with Crippen molar-refractivity contribution in [3.8, 4) is 17.2 Å². The Morgan fingerprint density at radius 1 is 1.37 bits per heavy atom. The third-order valence-electron chi connectivity index (χ3n) is 3.41. The Morgan fingerprint density at radius 3 is 2.63 bits per heavy atom. The molecule has 6 nitrogen and oxygen atoms in total. The van der Waals surface area contributed by atoms with E-state index in [1.54, 1.807) is 12.1 Å². The van der Waals surface area contributed by atoms with Gasteiger partial charge in [0.15, 0.2) is 11.5 Å². The van der Waals surface area contributed by atoms with Crippen molar-refractivity contribution in [1.82, 2.24) is 5.32 Å². The molecule has 1 aliphatic heterocycles. The number of phenols is 1. The summed E-state index contributed by atoms with van der Waals surface area (Å²) < 4.78 is 10.2. The number of aliphatic carboxylic acids is 1. The van der Waals surface area contributed by atoms with Crippen LogP contribution in [0.4, 0.5) is 0 Å². The number of methoxy groups -OCH3 is 2. The fourth-order valence-electron chi connectivity index (χ4n) is 2.37. The molecular weight excluding hydrogens is 250 g/mol. The number of carboxylic acids is 1. The van der Waals surface area contributed by atoms with E-state index in [0.717, 1.165) is 0 Å². The van der Waals surface area contributed by atoms with Crippen molar-refractivity contribution >= 4 is 5.97 Å². The van der Waals surface area contributed by atoms with E-state index < -0.39 is 11.9 Å². The first-order valence-corrected chi connectivity index (χ1v) is 5.98. The van der Waals surface area contributed by atoms with Crippen LogP contribution < -0.4 is 14.8 Å². The van der Waals surface area contributed by atoms with Crippen molar-refractivity contribution in [1.29, 1.82) is 0 Å². The second-order valence-corrected chi connectivity index (χ2v) is 4.47. The molecule has 0 saturated carbocycles. The third kappa shape index (κ3) is 2.44. The van der Waals surface area contributed by atoms with Gasteiger partial charge in [0.25, 0.3) is 0 Å². The fourth-order valence-corrected chi connectivity index (χ4v) is 2.37. The third-order valence-corrected chi connectivity index (χ3v) is 3.41. The highest BCUT2D eigenvalue weighted by atomic mass is 16.5. The van der Waals surface area contributed by atoms with Gasteiger partial charge in [0, 0.05) is 18.2 Å². The van der Waals surface area contributed by atoms with Gasteiger partial charge in [-0.25, -0.2) is 0 Å². The van der Waals surface area contributed by atoms with Gasteiger partial charge < -0.3 is 25.0 Å². The highest BCUT2D eigenvalue weighted by Gasteiger charge is 2.32. The van der Waals surface area contributed by atoms with Crippen LogP contribution in [0.5, 0.6) is 17.2 Å². The van der Waals surface area contributed by atoms with Crippen LogP contribution in [0, 0.1) is 5.92 Å². The number of hydrogen-bond acceptors (Lipinski definition) is 5. The molecule has 2 unspecified atom stereocenters. The van der Waals surface area contributed by atoms with Crippen LogP contribution in [0.25, 0.3) is 0 Å². The van der Waals surface area contributed by atoms with Gasteiger partial charge in [-0.15, -0.1) is 0 Å². The van der Waals surface area contributed by atoms with E-state index >= 15 is 0 Å². The van der Waals surface area contributed by atoms with E-state index in [4.69, 9.17) is 14.6 Å². The maximum atomic E-state index is 10.9. The molecule has 6 heteroatoms. The van der Waals surface area contributed by atoms with Gasteiger partial charge in [0.2, 0.25) is 5.75 Å². The molecule has 0 aliphatic carbocycles. The Morgan fingerprint density at radius 2 is 2.11 bits per heavy atom. The molecule has 1 aliphatic rings. The first-order chi connectivity index (χ1) is 9.08. The lowest BCUT2D eigenvalue weighted by Crippen LogP contribution is -2.17. The van der Waals surface area contributed by atoms with Gasteiger partial charge in [-0.1, -0.05) is 0 Å². The summed E-state index contributed by atoms with van der Waals surface area (Å²) in [5.74, 6) is -0.560. The summed E-state index contributed by atoms with van der Waals surface area (Å²) in [6.07, 6.45) is 0.443. The molecule has 1 fully saturated rings. The van der Waals surface area contributed by atoms with Crippen molar-refractivity contribution < 1.29 is 24.5 Å². The minimum atomic E-state index is -0.824. The lowest BCUT2D eigenvalue weighted by atomic mass is 9.99. The molecule has 1 aromatic carbocycles. The highest BCUT2D eigenvalue weighted by Crippen LogP contribution is 2.43. The number of benzene rings is 1. The van der Waals surface area contributed by atoms with Gasteiger partial charge in [0.05, 0.1) is 20.1 Å². The summed E-state index contributed by atoms with van der Waals surface area (Å²) in [6.45, 7) is 0.397. The van der Waals surface area contributed by atoms with Crippen LogP contribution in [0.2, 0.25) is 0 Å². The quantitative estimate of drug-likeness (QED) is 0.758. The molecule has 104 valence electrons. The molecule has 1 aromatic rings. The van der Waals surface area contributed by atoms with E-state index in [0.29, 0.717) is 24.3 Å². The van der Waals surface area contributed by atoms with Gasteiger partial charge in [-0.05, 0) is 18.6 Å². The van der Waals surface area contributed by atoms with Gasteiger partial charge in [-0.3, -0.25) is 4.79 Å². The molecule has 19 heavy (non-hydrogen) atoms. The van der Waals surface area contributed by atoms with Crippen LogP contribution in [-0.4, -0.2) is 36.9 Å². The maximum Gasteiger partial charge on any atom is 0.307 e. The van der Waals surface area contributed by atoms with Crippen LogP contribution >= 0.6 is 0 Å². The monoisotopic (exact) mass is 267 g/mol. The molecule has 0 amide bonds. The smallest absolute Gasteiger partial charge is 0.307 e. The van der Waals surface area contributed by atoms with E-state index in [2.05, 4.69) is 5.32 Å². The molecule has 3 N–H and O–H groups in total. The number of hydrogen-bond donors (Lipinski definition) is 3. The average Bonchev–Trinajstić information content (AvgIpc) is 2.87. The number of phenolic OH excluding ortho intramolecular Hbond substituents is 1. The molecule has 2 atom stereocenters. The van der Waals surface area contributed by atoms with Crippen LogP contribution in [0.3, 0.4) is 0 Å². The normalized spacial score (nSPS) is 22.2. The summed E-state index contributed by atoms with van der Waals surface area (Å²) in [5.41, 5.74) is 0.626. The van der Waals surface area contributed by atoms with E-state index in [1.807, 2.05) is 0 Å². The zero-order valence-electron chi connectivity index (χ0n) is 10.8. The van der Waals surface area contributed by atoms with Crippen molar-refractivity contribution in [2.24, 2.45) is 5.92 Å². The average molecular weight is 267 g/mol. The minimum absolute atomic E-state index is 0.00890. The van der Waals surface area contributed by atoms with Crippen molar-refractivity contribution in [2.75, 3.05) is 20.8 Å². The highest BCUT2D eigenvalue weighted by molar-refractivity contribution is 5.71. The molecule has 0 radical (unpaired) electrons. The zero-order chi connectivity index (χ0) is 14.0. The Hall–Kier alpha value is -1.95. The second-order valence-electron chi connectivity index (χ2n) is 4.47. The summed E-state index contributed by atoms with van der Waals surface area (Å²) in [5, 5.41) is 22.3. The number of aromatic hydroxyl groups is 1. The molecule has 0 bridgehead atoms. The maximum absolute atomic E-state index is 10.9. The molecule has 1 saturated heterocycles. The van der Waals surface area contributed by atoms with Gasteiger partial charge >= 0.3 is 5.97 Å². The molecular formula is C13H17NO5. The Labute approximate surface area is 111 Å². The summed E-state index contributed by atoms with van der Waals surface area (Å²) in [4.78, 5) is 10.9. The summed E-state index contributed by atoms with van der Waals surface area (Å²) >= 11 is 0. The van der Waals surface area contributed by atoms with E-state index in [1.165, 1.54) is 14.2 Å². The minimum Gasteiger partial charge on any atom is -0.504 e. The van der Waals surface area contributed by atoms with Crippen LogP contribution in [-0.2, 0) is 4.79 Å². The first-order valence-electron chi connectivity index (χ1n) is 5.98. The number of nitrogens with one attached hydrogen (secondary N) is 1. The lowest BCUT2D eigenvalue weighted by molar-refractivity contribution is -0.141. The van der Waals surface area contributed by atoms with Gasteiger partial charge in [-0.2, -0.15) is 0 Å². The molecule has 2 rings (SSSR count). The Kier molecular flexibility index (Phi) is 3.80. The van der Waals surface area contributed by atoms with Crippen molar-refractivity contribution in [3.63, 3.8) is 0 Å². The Bertz CT molecular complexity index is 488. The first kappa shape index (κ1) is 13.5. The fraction of sp³-hybridized carbons (Fsp3) is 0.462. The molecule has 0 spiro atoms. The van der Waals surface area contributed by atoms with Crippen LogP contribution in [0.1, 0.15) is 18.0 Å². The largest absolute Gasteiger partial charge is 0.504 e. The van der Waals surface area contributed by atoms with Crippen LogP contribution in [0.15, 0.2) is 12.1 Å². The molecule has 0 aromatic heterocycles. The predicted molar refractivity (Wildman–Crippen MR) is 67.7 cm³/mol. The van der Waals surface area contributed by atoms with Crippen molar-refractivity contribution in [3.05, 3.63) is 17.7 Å². The van der Waals surface area contributed by atoms with Crippen molar-refractivity contribution in [2.45, 2.75) is 12.5 Å². The van der Waals surface area contributed by atoms with E-state index in [9.17, 15) is 9.90 Å². The zero-order valence-corrected chi connectivity index (χ0v) is 10.8. The summed E-state index contributed by atoms with van der Waals surface area (Å²) in [7, 11) is 2.94. The molecule has 1 heterocycles. The summed E-state index contributed by atoms with van der Waals surface area (Å²) in [6, 6.07) is 3.23. The predicted octanol–water partition coefficient (Wildman–Crippen LogP) is 1.14. The van der Waals surface area contributed by atoms with Gasteiger partial charge in [0.1, 0.15) is 0 Å². The number of carbonyl (C=O) groups is 1. The second kappa shape index (κ2) is 5.36. The van der Waals surface area contributed by atoms with E-state index in [-0.39, 0.29) is 17.5 Å². The number of carboxylic acid groups (broad SMARTS) is 1. The standard InChI is InChI=1S/C13H17NO5/c1-18-10-4-3-8(11(15)12(10)19-2)9-5-7(6-14-9)13(16)17/h3-4,7,9,14-15H,5-6H2,1-2H3,(H,16,17). The lowest BCUT2D eigenvalue weighted by Gasteiger charge is -2.16. The number of ether oxygens (including phenoxy) is 2. The topological polar surface area (TPSA) is 88.0 Å². The number of rotatable bonds is 4.